The molecule has 3 heteroatoms. The summed E-state index contributed by atoms with van der Waals surface area (Å²) in [5, 5.41) is 0. The fourth-order valence-electron chi connectivity index (χ4n) is 2.37. The lowest BCUT2D eigenvalue weighted by molar-refractivity contribution is 0.475. The quantitative estimate of drug-likeness (QED) is 0.652. The Bertz CT molecular complexity index is 517. The third-order valence-corrected chi connectivity index (χ3v) is 3.41. The fourth-order valence-corrected chi connectivity index (χ4v) is 2.37. The largest absolute Gasteiger partial charge is 0.397 e. The van der Waals surface area contributed by atoms with Crippen LogP contribution in [0.3, 0.4) is 0 Å². The van der Waals surface area contributed by atoms with Gasteiger partial charge in [0.05, 0.1) is 11.4 Å². The molecule has 3 nitrogen and oxygen atoms in total. The van der Waals surface area contributed by atoms with Crippen LogP contribution in [0.4, 0.5) is 0 Å². The predicted octanol–water partition coefficient (Wildman–Crippen LogP) is 1.75. The molecule has 0 saturated heterocycles. The second kappa shape index (κ2) is 3.04. The SMILES string of the molecule is C[C@]12C=CC=CC1=CN=C1C(N)=CC=NC12. The van der Waals surface area contributed by atoms with Crippen molar-refractivity contribution in [3.05, 3.63) is 47.9 Å². The topological polar surface area (TPSA) is 50.7 Å². The lowest BCUT2D eigenvalue weighted by atomic mass is 9.70. The van der Waals surface area contributed by atoms with Crippen LogP contribution in [0.5, 0.6) is 0 Å². The Morgan fingerprint density at radius 1 is 1.38 bits per heavy atom. The first kappa shape index (κ1) is 9.33. The van der Waals surface area contributed by atoms with E-state index in [1.165, 1.54) is 5.57 Å². The molecule has 0 saturated carbocycles. The second-order valence-corrected chi connectivity index (χ2v) is 4.42. The summed E-state index contributed by atoms with van der Waals surface area (Å²) in [4.78, 5) is 8.94. The summed E-state index contributed by atoms with van der Waals surface area (Å²) < 4.78 is 0. The Balaban J connectivity index is 2.18. The number of nitrogens with zero attached hydrogens (tertiary/aromatic N) is 2. The number of fused-ring (bicyclic) bond motifs is 3. The molecule has 0 aromatic carbocycles. The van der Waals surface area contributed by atoms with E-state index in [9.17, 15) is 0 Å². The highest BCUT2D eigenvalue weighted by atomic mass is 14.9. The van der Waals surface area contributed by atoms with Crippen molar-refractivity contribution >= 4 is 11.9 Å². The highest BCUT2D eigenvalue weighted by molar-refractivity contribution is 6.10. The minimum atomic E-state index is -0.110. The van der Waals surface area contributed by atoms with E-state index in [0.29, 0.717) is 0 Å². The van der Waals surface area contributed by atoms with Crippen molar-refractivity contribution in [2.75, 3.05) is 0 Å². The van der Waals surface area contributed by atoms with Gasteiger partial charge in [0.25, 0.3) is 0 Å². The maximum Gasteiger partial charge on any atom is 0.107 e. The maximum atomic E-state index is 5.94. The van der Waals surface area contributed by atoms with Crippen LogP contribution < -0.4 is 5.73 Å². The molecule has 0 aromatic heterocycles. The molecule has 0 fully saturated rings. The molecule has 0 spiro atoms. The molecule has 2 heterocycles. The Kier molecular flexibility index (Phi) is 1.78. The van der Waals surface area contributed by atoms with Crippen LogP contribution in [-0.2, 0) is 0 Å². The average molecular weight is 211 g/mol. The van der Waals surface area contributed by atoms with Gasteiger partial charge < -0.3 is 5.73 Å². The Morgan fingerprint density at radius 3 is 3.12 bits per heavy atom. The Labute approximate surface area is 94.5 Å². The first-order chi connectivity index (χ1) is 7.72. The van der Waals surface area contributed by atoms with Crippen LogP contribution in [0.1, 0.15) is 6.92 Å². The summed E-state index contributed by atoms with van der Waals surface area (Å²) in [6.45, 7) is 2.17. The van der Waals surface area contributed by atoms with Crippen molar-refractivity contribution in [2.45, 2.75) is 13.0 Å². The number of nitrogens with two attached hydrogens (primary N) is 1. The number of hydrogen-bond acceptors (Lipinski definition) is 3. The van der Waals surface area contributed by atoms with E-state index in [2.05, 4.69) is 35.1 Å². The van der Waals surface area contributed by atoms with Crippen molar-refractivity contribution in [3.8, 4) is 0 Å². The van der Waals surface area contributed by atoms with Gasteiger partial charge in [0.15, 0.2) is 0 Å². The van der Waals surface area contributed by atoms with Gasteiger partial charge in [0, 0.05) is 17.8 Å². The zero-order chi connectivity index (χ0) is 11.2. The lowest BCUT2D eigenvalue weighted by Gasteiger charge is -2.39. The van der Waals surface area contributed by atoms with Gasteiger partial charge in [-0.05, 0) is 18.6 Å². The first-order valence-corrected chi connectivity index (χ1v) is 5.35. The van der Waals surface area contributed by atoms with Gasteiger partial charge in [-0.25, -0.2) is 0 Å². The van der Waals surface area contributed by atoms with Crippen LogP contribution in [-0.4, -0.2) is 18.0 Å². The summed E-state index contributed by atoms with van der Waals surface area (Å²) in [6, 6.07) is 0.0127. The average Bonchev–Trinajstić information content (AvgIpc) is 2.29. The van der Waals surface area contributed by atoms with E-state index in [1.54, 1.807) is 12.3 Å². The van der Waals surface area contributed by atoms with Crippen LogP contribution in [0.2, 0.25) is 0 Å². The standard InChI is InChI=1S/C13H13N3/c1-13-6-3-2-4-9(13)8-16-11-10(14)5-7-15-12(11)13/h2-8,12H,14H2,1H3/t12?,13-/m0/s1. The minimum Gasteiger partial charge on any atom is -0.397 e. The monoisotopic (exact) mass is 211 g/mol. The van der Waals surface area contributed by atoms with Gasteiger partial charge in [0.2, 0.25) is 0 Å². The molecule has 3 rings (SSSR count). The van der Waals surface area contributed by atoms with E-state index in [1.807, 2.05) is 12.3 Å². The first-order valence-electron chi connectivity index (χ1n) is 5.35. The normalized spacial score (nSPS) is 34.8. The smallest absolute Gasteiger partial charge is 0.107 e. The number of hydrogen-bond donors (Lipinski definition) is 1. The molecule has 2 N–H and O–H groups in total. The summed E-state index contributed by atoms with van der Waals surface area (Å²) in [5.41, 5.74) is 8.62. The molecule has 0 aromatic rings. The van der Waals surface area contributed by atoms with Gasteiger partial charge in [-0.3, -0.25) is 9.98 Å². The Hall–Kier alpha value is -1.90. The molecule has 0 radical (unpaired) electrons. The highest BCUT2D eigenvalue weighted by Crippen LogP contribution is 2.41. The minimum absolute atomic E-state index is 0.0127. The molecule has 0 amide bonds. The molecule has 80 valence electrons. The number of rotatable bonds is 0. The Morgan fingerprint density at radius 2 is 2.25 bits per heavy atom. The van der Waals surface area contributed by atoms with E-state index in [0.717, 1.165) is 11.4 Å². The van der Waals surface area contributed by atoms with Crippen LogP contribution >= 0.6 is 0 Å². The van der Waals surface area contributed by atoms with Crippen LogP contribution in [0.15, 0.2) is 57.8 Å². The van der Waals surface area contributed by atoms with Gasteiger partial charge in [0.1, 0.15) is 6.04 Å². The van der Waals surface area contributed by atoms with Crippen molar-refractivity contribution in [3.63, 3.8) is 0 Å². The third kappa shape index (κ3) is 1.08. The predicted molar refractivity (Wildman–Crippen MR) is 66.5 cm³/mol. The van der Waals surface area contributed by atoms with Crippen LogP contribution in [0, 0.1) is 5.41 Å². The molecular weight excluding hydrogens is 198 g/mol. The van der Waals surface area contributed by atoms with E-state index in [-0.39, 0.29) is 11.5 Å². The van der Waals surface area contributed by atoms with Crippen molar-refractivity contribution in [1.82, 2.24) is 0 Å². The number of allylic oxidation sites excluding steroid dienone is 4. The van der Waals surface area contributed by atoms with Crippen molar-refractivity contribution in [1.29, 1.82) is 0 Å². The summed E-state index contributed by atoms with van der Waals surface area (Å²) in [7, 11) is 0. The maximum absolute atomic E-state index is 5.94. The van der Waals surface area contributed by atoms with Gasteiger partial charge >= 0.3 is 0 Å². The third-order valence-electron chi connectivity index (χ3n) is 3.41. The van der Waals surface area contributed by atoms with E-state index < -0.39 is 0 Å². The summed E-state index contributed by atoms with van der Waals surface area (Å²) >= 11 is 0. The van der Waals surface area contributed by atoms with Crippen molar-refractivity contribution < 1.29 is 0 Å². The van der Waals surface area contributed by atoms with Crippen LogP contribution in [0.25, 0.3) is 0 Å². The molecule has 1 unspecified atom stereocenters. The van der Waals surface area contributed by atoms with Gasteiger partial charge in [-0.1, -0.05) is 24.3 Å². The molecule has 16 heavy (non-hydrogen) atoms. The summed E-state index contributed by atoms with van der Waals surface area (Å²) in [6.07, 6.45) is 13.8. The summed E-state index contributed by atoms with van der Waals surface area (Å²) in [5.74, 6) is 0. The molecular formula is C13H13N3. The number of dihydropyridines is 1. The molecule has 3 aliphatic rings. The molecule has 0 bridgehead atoms. The zero-order valence-electron chi connectivity index (χ0n) is 9.09. The molecule has 2 atom stereocenters. The fraction of sp³-hybridized carbons (Fsp3) is 0.231. The second-order valence-electron chi connectivity index (χ2n) is 4.42. The highest BCUT2D eigenvalue weighted by Gasteiger charge is 2.41. The van der Waals surface area contributed by atoms with E-state index >= 15 is 0 Å². The van der Waals surface area contributed by atoms with Gasteiger partial charge in [-0.15, -0.1) is 0 Å². The zero-order valence-corrected chi connectivity index (χ0v) is 9.09. The molecule has 2 aliphatic heterocycles. The van der Waals surface area contributed by atoms with E-state index in [4.69, 9.17) is 5.73 Å². The molecule has 1 aliphatic carbocycles. The van der Waals surface area contributed by atoms with Gasteiger partial charge in [-0.2, -0.15) is 0 Å². The lowest BCUT2D eigenvalue weighted by Crippen LogP contribution is -2.43. The van der Waals surface area contributed by atoms with Crippen molar-refractivity contribution in [2.24, 2.45) is 21.1 Å². The number of aliphatic imine (C=N–C) groups is 2.